The summed E-state index contributed by atoms with van der Waals surface area (Å²) in [7, 11) is 1.82. The van der Waals surface area contributed by atoms with Crippen LogP contribution in [0.15, 0.2) is 0 Å². The van der Waals surface area contributed by atoms with Crippen LogP contribution >= 0.6 is 0 Å². The normalized spacial score (nSPS) is 33.5. The van der Waals surface area contributed by atoms with Gasteiger partial charge in [-0.1, -0.05) is 19.3 Å². The summed E-state index contributed by atoms with van der Waals surface area (Å²) >= 11 is 0. The van der Waals surface area contributed by atoms with Gasteiger partial charge in [-0.05, 0) is 32.6 Å². The van der Waals surface area contributed by atoms with E-state index in [1.807, 2.05) is 7.11 Å². The van der Waals surface area contributed by atoms with Crippen LogP contribution in [-0.4, -0.2) is 49.8 Å². The van der Waals surface area contributed by atoms with Gasteiger partial charge in [0.15, 0.2) is 0 Å². The topological polar surface area (TPSA) is 24.5 Å². The molecule has 0 spiro atoms. The first kappa shape index (κ1) is 14.3. The zero-order valence-corrected chi connectivity index (χ0v) is 12.3. The van der Waals surface area contributed by atoms with Gasteiger partial charge in [0.2, 0.25) is 0 Å². The first-order chi connectivity index (χ1) is 8.72. The maximum atomic E-state index is 5.37. The monoisotopic (exact) mass is 254 g/mol. The Bertz CT molecular complexity index is 241. The molecular weight excluding hydrogens is 224 g/mol. The molecule has 0 aromatic rings. The molecule has 0 bridgehead atoms. The highest BCUT2D eigenvalue weighted by Crippen LogP contribution is 2.31. The second-order valence-electron chi connectivity index (χ2n) is 6.28. The minimum absolute atomic E-state index is 0.548. The summed E-state index contributed by atoms with van der Waals surface area (Å²) in [5, 5.41) is 3.67. The molecule has 1 heterocycles. The minimum atomic E-state index is 0.548. The van der Waals surface area contributed by atoms with Crippen molar-refractivity contribution in [1.29, 1.82) is 0 Å². The van der Waals surface area contributed by atoms with Crippen molar-refractivity contribution < 1.29 is 4.74 Å². The fraction of sp³-hybridized carbons (Fsp3) is 1.00. The van der Waals surface area contributed by atoms with Crippen LogP contribution in [0.3, 0.4) is 0 Å². The molecule has 3 atom stereocenters. The molecule has 2 rings (SSSR count). The Kier molecular flexibility index (Phi) is 5.46. The number of hydrogen-bond acceptors (Lipinski definition) is 3. The molecule has 0 radical (unpaired) electrons. The lowest BCUT2D eigenvalue weighted by atomic mass is 9.81. The summed E-state index contributed by atoms with van der Waals surface area (Å²) in [6.45, 7) is 7.81. The molecule has 1 saturated heterocycles. The molecule has 1 saturated carbocycles. The molecule has 0 aromatic heterocycles. The highest BCUT2D eigenvalue weighted by molar-refractivity contribution is 4.91. The Morgan fingerprint density at radius 3 is 2.67 bits per heavy atom. The van der Waals surface area contributed by atoms with Crippen molar-refractivity contribution in [1.82, 2.24) is 10.2 Å². The summed E-state index contributed by atoms with van der Waals surface area (Å²) in [5.41, 5.74) is 0. The fourth-order valence-corrected chi connectivity index (χ4v) is 3.76. The molecule has 0 aromatic carbocycles. The van der Waals surface area contributed by atoms with E-state index >= 15 is 0 Å². The van der Waals surface area contributed by atoms with E-state index in [4.69, 9.17) is 4.74 Å². The van der Waals surface area contributed by atoms with E-state index in [1.54, 1.807) is 0 Å². The maximum Gasteiger partial charge on any atom is 0.0615 e. The lowest BCUT2D eigenvalue weighted by molar-refractivity contribution is 0.0127. The average Bonchev–Trinajstić information content (AvgIpc) is 2.40. The molecule has 3 unspecified atom stereocenters. The van der Waals surface area contributed by atoms with E-state index in [9.17, 15) is 0 Å². The molecule has 0 amide bonds. The van der Waals surface area contributed by atoms with Crippen molar-refractivity contribution in [3.05, 3.63) is 0 Å². The van der Waals surface area contributed by atoms with Crippen LogP contribution in [0.2, 0.25) is 0 Å². The summed E-state index contributed by atoms with van der Waals surface area (Å²) in [6, 6.07) is 1.89. The van der Waals surface area contributed by atoms with Crippen molar-refractivity contribution in [3.8, 4) is 0 Å². The zero-order valence-electron chi connectivity index (χ0n) is 12.3. The van der Waals surface area contributed by atoms with Crippen LogP contribution in [0, 0.1) is 5.92 Å². The third kappa shape index (κ3) is 3.46. The van der Waals surface area contributed by atoms with Gasteiger partial charge in [-0.25, -0.2) is 0 Å². The van der Waals surface area contributed by atoms with Gasteiger partial charge >= 0.3 is 0 Å². The van der Waals surface area contributed by atoms with E-state index in [0.29, 0.717) is 12.1 Å². The lowest BCUT2D eigenvalue weighted by Crippen LogP contribution is -2.61. The van der Waals surface area contributed by atoms with Crippen LogP contribution in [0.4, 0.5) is 0 Å². The van der Waals surface area contributed by atoms with E-state index < -0.39 is 0 Å². The van der Waals surface area contributed by atoms with Gasteiger partial charge in [-0.2, -0.15) is 0 Å². The summed E-state index contributed by atoms with van der Waals surface area (Å²) in [4.78, 5) is 2.71. The van der Waals surface area contributed by atoms with Gasteiger partial charge in [0.1, 0.15) is 0 Å². The van der Waals surface area contributed by atoms with Crippen molar-refractivity contribution >= 4 is 0 Å². The van der Waals surface area contributed by atoms with Crippen molar-refractivity contribution in [2.75, 3.05) is 26.8 Å². The molecule has 1 aliphatic carbocycles. The quantitative estimate of drug-likeness (QED) is 0.833. The number of piperazine rings is 1. The largest absolute Gasteiger partial charge is 0.383 e. The third-order valence-corrected chi connectivity index (χ3v) is 4.75. The van der Waals surface area contributed by atoms with Crippen LogP contribution in [0.5, 0.6) is 0 Å². The van der Waals surface area contributed by atoms with Gasteiger partial charge in [-0.3, -0.25) is 4.90 Å². The molecule has 3 nitrogen and oxygen atoms in total. The first-order valence-corrected chi connectivity index (χ1v) is 7.70. The first-order valence-electron chi connectivity index (χ1n) is 7.70. The predicted molar refractivity (Wildman–Crippen MR) is 75.9 cm³/mol. The molecular formula is C15H30N2O. The molecule has 2 aliphatic rings. The molecule has 1 aliphatic heterocycles. The third-order valence-electron chi connectivity index (χ3n) is 4.75. The van der Waals surface area contributed by atoms with Gasteiger partial charge in [0, 0.05) is 38.3 Å². The van der Waals surface area contributed by atoms with E-state index in [0.717, 1.165) is 18.6 Å². The smallest absolute Gasteiger partial charge is 0.0615 e. The van der Waals surface area contributed by atoms with Gasteiger partial charge < -0.3 is 10.1 Å². The van der Waals surface area contributed by atoms with Gasteiger partial charge in [0.25, 0.3) is 0 Å². The average molecular weight is 254 g/mol. The molecule has 2 fully saturated rings. The van der Waals surface area contributed by atoms with E-state index in [-0.39, 0.29) is 0 Å². The molecule has 106 valence electrons. The molecule has 3 heteroatoms. The summed E-state index contributed by atoms with van der Waals surface area (Å²) < 4.78 is 5.37. The minimum Gasteiger partial charge on any atom is -0.383 e. The summed E-state index contributed by atoms with van der Waals surface area (Å²) in [6.07, 6.45) is 7.17. The predicted octanol–water partition coefficient (Wildman–Crippen LogP) is 2.26. The second-order valence-corrected chi connectivity index (χ2v) is 6.28. The van der Waals surface area contributed by atoms with Crippen LogP contribution in [0.25, 0.3) is 0 Å². The Hall–Kier alpha value is -0.120. The number of hydrogen-bond donors (Lipinski definition) is 1. The Morgan fingerprint density at radius 1 is 1.28 bits per heavy atom. The molecule has 18 heavy (non-hydrogen) atoms. The Morgan fingerprint density at radius 2 is 2.00 bits per heavy atom. The maximum absolute atomic E-state index is 5.37. The van der Waals surface area contributed by atoms with Crippen LogP contribution < -0.4 is 5.32 Å². The fourth-order valence-electron chi connectivity index (χ4n) is 3.76. The highest BCUT2D eigenvalue weighted by atomic mass is 16.5. The Labute approximate surface area is 112 Å². The number of rotatable bonds is 4. The SMILES string of the molecule is COCC(C)N1CC(C)NCC1C1CCCCC1. The standard InChI is InChI=1S/C15H30N2O/c1-12-10-17(13(2)11-18-3)15(9-16-12)14-7-5-4-6-8-14/h12-16H,4-11H2,1-3H3. The number of nitrogens with one attached hydrogen (secondary N) is 1. The van der Waals surface area contributed by atoms with Crippen molar-refractivity contribution in [3.63, 3.8) is 0 Å². The zero-order chi connectivity index (χ0) is 13.0. The summed E-state index contributed by atoms with van der Waals surface area (Å²) in [5.74, 6) is 0.901. The lowest BCUT2D eigenvalue weighted by Gasteiger charge is -2.47. The Balaban J connectivity index is 1.99. The van der Waals surface area contributed by atoms with Crippen LogP contribution in [0.1, 0.15) is 46.0 Å². The van der Waals surface area contributed by atoms with E-state index in [1.165, 1.54) is 45.2 Å². The van der Waals surface area contributed by atoms with Gasteiger partial charge in [0.05, 0.1) is 6.61 Å². The van der Waals surface area contributed by atoms with Crippen molar-refractivity contribution in [2.45, 2.75) is 64.1 Å². The second kappa shape index (κ2) is 6.88. The number of nitrogens with zero attached hydrogens (tertiary/aromatic N) is 1. The van der Waals surface area contributed by atoms with E-state index in [2.05, 4.69) is 24.1 Å². The number of methoxy groups -OCH3 is 1. The number of ether oxygens (including phenoxy) is 1. The van der Waals surface area contributed by atoms with Gasteiger partial charge in [-0.15, -0.1) is 0 Å². The highest BCUT2D eigenvalue weighted by Gasteiger charge is 2.34. The van der Waals surface area contributed by atoms with Crippen LogP contribution in [-0.2, 0) is 4.74 Å². The molecule has 1 N–H and O–H groups in total. The van der Waals surface area contributed by atoms with Crippen molar-refractivity contribution in [2.24, 2.45) is 5.92 Å².